The minimum absolute atomic E-state index is 0.0950. The van der Waals surface area contributed by atoms with Crippen molar-refractivity contribution in [1.29, 1.82) is 0 Å². The molecule has 1 heterocycles. The van der Waals surface area contributed by atoms with Gasteiger partial charge in [-0.25, -0.2) is 0 Å². The Balaban J connectivity index is 1.57. The van der Waals surface area contributed by atoms with E-state index in [1.54, 1.807) is 30.5 Å². The number of nitrogens with zero attached hydrogens (tertiary/aromatic N) is 1. The third kappa shape index (κ3) is 3.97. The summed E-state index contributed by atoms with van der Waals surface area (Å²) in [4.78, 5) is 28.4. The van der Waals surface area contributed by atoms with Crippen molar-refractivity contribution in [3.05, 3.63) is 71.9 Å². The molecular weight excluding hydrogens is 332 g/mol. The van der Waals surface area contributed by atoms with Crippen LogP contribution in [0, 0.1) is 0 Å². The summed E-state index contributed by atoms with van der Waals surface area (Å²) >= 11 is 0. The van der Waals surface area contributed by atoms with E-state index in [0.29, 0.717) is 11.3 Å². The van der Waals surface area contributed by atoms with E-state index in [0.717, 1.165) is 16.5 Å². The molecule has 0 unspecified atom stereocenters. The summed E-state index contributed by atoms with van der Waals surface area (Å²) in [7, 11) is 1.48. The van der Waals surface area contributed by atoms with Crippen molar-refractivity contribution in [2.24, 2.45) is 0 Å². The van der Waals surface area contributed by atoms with Gasteiger partial charge in [-0.1, -0.05) is 36.4 Å². The lowest BCUT2D eigenvalue weighted by Crippen LogP contribution is -2.30. The van der Waals surface area contributed by atoms with Crippen LogP contribution in [0.5, 0.6) is 5.75 Å². The maximum absolute atomic E-state index is 12.2. The number of esters is 1. The van der Waals surface area contributed by atoms with Crippen molar-refractivity contribution in [2.75, 3.05) is 13.7 Å². The highest BCUT2D eigenvalue weighted by atomic mass is 16.5. The van der Waals surface area contributed by atoms with E-state index >= 15 is 0 Å². The molecule has 2 aromatic carbocycles. The number of benzene rings is 2. The van der Waals surface area contributed by atoms with Gasteiger partial charge in [-0.15, -0.1) is 0 Å². The zero-order valence-electron chi connectivity index (χ0n) is 14.3. The summed E-state index contributed by atoms with van der Waals surface area (Å²) in [5, 5.41) is 3.52. The van der Waals surface area contributed by atoms with Crippen LogP contribution >= 0.6 is 0 Å². The summed E-state index contributed by atoms with van der Waals surface area (Å²) in [5.74, 6) is -0.479. The number of hydrogen-bond acceptors (Lipinski definition) is 5. The first-order chi connectivity index (χ1) is 12.7. The number of nitrogens with one attached hydrogen (secondary N) is 1. The summed E-state index contributed by atoms with van der Waals surface area (Å²) in [6.07, 6.45) is 1.70. The molecule has 1 aromatic heterocycles. The van der Waals surface area contributed by atoms with Crippen LogP contribution in [0.15, 0.2) is 60.8 Å². The van der Waals surface area contributed by atoms with Crippen molar-refractivity contribution in [1.82, 2.24) is 10.3 Å². The first-order valence-electron chi connectivity index (χ1n) is 8.08. The van der Waals surface area contributed by atoms with Gasteiger partial charge in [-0.3, -0.25) is 14.6 Å². The molecule has 0 spiro atoms. The van der Waals surface area contributed by atoms with E-state index < -0.39 is 11.9 Å². The molecule has 0 aliphatic heterocycles. The van der Waals surface area contributed by atoms with E-state index in [-0.39, 0.29) is 13.2 Å². The molecule has 3 rings (SSSR count). The highest BCUT2D eigenvalue weighted by Crippen LogP contribution is 2.17. The predicted molar refractivity (Wildman–Crippen MR) is 96.9 cm³/mol. The number of amides is 1. The highest BCUT2D eigenvalue weighted by molar-refractivity contribution is 5.98. The van der Waals surface area contributed by atoms with Crippen molar-refractivity contribution in [2.45, 2.75) is 6.61 Å². The van der Waals surface area contributed by atoms with Crippen LogP contribution < -0.4 is 10.1 Å². The number of fused-ring (bicyclic) bond motifs is 1. The van der Waals surface area contributed by atoms with Crippen LogP contribution in [0.4, 0.5) is 0 Å². The van der Waals surface area contributed by atoms with E-state index in [1.165, 1.54) is 7.11 Å². The zero-order chi connectivity index (χ0) is 18.4. The average molecular weight is 350 g/mol. The number of aromatic nitrogens is 1. The largest absolute Gasteiger partial charge is 0.496 e. The molecule has 0 atom stereocenters. The van der Waals surface area contributed by atoms with Gasteiger partial charge in [0.05, 0.1) is 18.2 Å². The minimum Gasteiger partial charge on any atom is -0.496 e. The molecule has 0 saturated heterocycles. The predicted octanol–water partition coefficient (Wildman–Crippen LogP) is 2.72. The summed E-state index contributed by atoms with van der Waals surface area (Å²) < 4.78 is 10.4. The quantitative estimate of drug-likeness (QED) is 0.692. The van der Waals surface area contributed by atoms with Gasteiger partial charge in [0.1, 0.15) is 18.9 Å². The molecule has 0 bridgehead atoms. The second kappa shape index (κ2) is 8.11. The zero-order valence-corrected chi connectivity index (χ0v) is 14.3. The molecule has 1 N–H and O–H groups in total. The van der Waals surface area contributed by atoms with Crippen LogP contribution in [0.3, 0.4) is 0 Å². The SMILES string of the molecule is COc1ccccc1C(=O)NCC(=O)OCc1cccc2cccnc12. The Kier molecular flexibility index (Phi) is 5.43. The van der Waals surface area contributed by atoms with Crippen LogP contribution in [0.2, 0.25) is 0 Å². The van der Waals surface area contributed by atoms with Crippen LogP contribution in [0.25, 0.3) is 10.9 Å². The van der Waals surface area contributed by atoms with Gasteiger partial charge >= 0.3 is 5.97 Å². The maximum Gasteiger partial charge on any atom is 0.325 e. The van der Waals surface area contributed by atoms with E-state index in [4.69, 9.17) is 9.47 Å². The molecule has 6 heteroatoms. The minimum atomic E-state index is -0.527. The molecule has 6 nitrogen and oxygen atoms in total. The molecule has 26 heavy (non-hydrogen) atoms. The van der Waals surface area contributed by atoms with Gasteiger partial charge in [0, 0.05) is 17.1 Å². The number of rotatable bonds is 6. The number of para-hydroxylation sites is 2. The molecule has 0 aliphatic rings. The fourth-order valence-electron chi connectivity index (χ4n) is 2.57. The lowest BCUT2D eigenvalue weighted by atomic mass is 10.1. The Morgan fingerprint density at radius 1 is 1.04 bits per heavy atom. The third-order valence-corrected chi connectivity index (χ3v) is 3.85. The Hall–Kier alpha value is -3.41. The molecular formula is C20H18N2O4. The smallest absolute Gasteiger partial charge is 0.325 e. The monoisotopic (exact) mass is 350 g/mol. The third-order valence-electron chi connectivity index (χ3n) is 3.85. The number of carbonyl (C=O) groups is 2. The lowest BCUT2D eigenvalue weighted by Gasteiger charge is -2.10. The van der Waals surface area contributed by atoms with Gasteiger partial charge in [0.25, 0.3) is 5.91 Å². The second-order valence-electron chi connectivity index (χ2n) is 5.54. The van der Waals surface area contributed by atoms with Crippen molar-refractivity contribution >= 4 is 22.8 Å². The summed E-state index contributed by atoms with van der Waals surface area (Å²) in [6, 6.07) is 16.3. The standard InChI is InChI=1S/C20H18N2O4/c1-25-17-10-3-2-9-16(17)20(24)22-12-18(23)26-13-15-7-4-6-14-8-5-11-21-19(14)15/h2-11H,12-13H2,1H3,(H,22,24). The Labute approximate surface area is 150 Å². The fourth-order valence-corrected chi connectivity index (χ4v) is 2.57. The van der Waals surface area contributed by atoms with Gasteiger partial charge < -0.3 is 14.8 Å². The number of pyridine rings is 1. The lowest BCUT2D eigenvalue weighted by molar-refractivity contribution is -0.143. The molecule has 1 amide bonds. The Bertz CT molecular complexity index is 935. The van der Waals surface area contributed by atoms with Gasteiger partial charge in [-0.05, 0) is 18.2 Å². The average Bonchev–Trinajstić information content (AvgIpc) is 2.70. The van der Waals surface area contributed by atoms with Crippen LogP contribution in [-0.2, 0) is 16.1 Å². The normalized spacial score (nSPS) is 10.3. The number of hydrogen-bond donors (Lipinski definition) is 1. The van der Waals surface area contributed by atoms with Crippen LogP contribution in [-0.4, -0.2) is 30.5 Å². The number of methoxy groups -OCH3 is 1. The first kappa shape index (κ1) is 17.4. The van der Waals surface area contributed by atoms with E-state index in [1.807, 2.05) is 30.3 Å². The molecule has 0 saturated carbocycles. The van der Waals surface area contributed by atoms with E-state index in [2.05, 4.69) is 10.3 Å². The van der Waals surface area contributed by atoms with Crippen molar-refractivity contribution in [3.63, 3.8) is 0 Å². The Morgan fingerprint density at radius 2 is 1.85 bits per heavy atom. The summed E-state index contributed by atoms with van der Waals surface area (Å²) in [5.41, 5.74) is 1.97. The van der Waals surface area contributed by atoms with E-state index in [9.17, 15) is 9.59 Å². The number of carbonyl (C=O) groups excluding carboxylic acids is 2. The Morgan fingerprint density at radius 3 is 2.69 bits per heavy atom. The van der Waals surface area contributed by atoms with Crippen molar-refractivity contribution in [3.8, 4) is 5.75 Å². The number of ether oxygens (including phenoxy) is 2. The fraction of sp³-hybridized carbons (Fsp3) is 0.150. The maximum atomic E-state index is 12.2. The molecule has 3 aromatic rings. The van der Waals surface area contributed by atoms with Gasteiger partial charge in [-0.2, -0.15) is 0 Å². The van der Waals surface area contributed by atoms with Crippen molar-refractivity contribution < 1.29 is 19.1 Å². The second-order valence-corrected chi connectivity index (χ2v) is 5.54. The molecule has 0 fully saturated rings. The first-order valence-corrected chi connectivity index (χ1v) is 8.08. The summed E-state index contributed by atoms with van der Waals surface area (Å²) in [6.45, 7) is -0.132. The van der Waals surface area contributed by atoms with Gasteiger partial charge in [0.15, 0.2) is 0 Å². The van der Waals surface area contributed by atoms with Crippen LogP contribution in [0.1, 0.15) is 15.9 Å². The molecule has 0 radical (unpaired) electrons. The van der Waals surface area contributed by atoms with Gasteiger partial charge in [0.2, 0.25) is 0 Å². The molecule has 132 valence electrons. The topological polar surface area (TPSA) is 77.5 Å². The highest BCUT2D eigenvalue weighted by Gasteiger charge is 2.13. The molecule has 0 aliphatic carbocycles.